The first-order valence-electron chi connectivity index (χ1n) is 11.2. The molecule has 1 aliphatic rings. The number of para-hydroxylation sites is 1. The van der Waals surface area contributed by atoms with E-state index >= 15 is 0 Å². The summed E-state index contributed by atoms with van der Waals surface area (Å²) in [7, 11) is 3.97. The number of amides is 2. The number of hydrogen-bond acceptors (Lipinski definition) is 5. The number of carbonyl (C=O) groups is 1. The molecule has 10 heteroatoms. The van der Waals surface area contributed by atoms with Crippen LogP contribution in [0.15, 0.2) is 45.3 Å². The summed E-state index contributed by atoms with van der Waals surface area (Å²) >= 11 is 6.56. The van der Waals surface area contributed by atoms with Crippen LogP contribution in [0, 0.1) is 11.7 Å². The Morgan fingerprint density at radius 1 is 1.09 bits per heavy atom. The third-order valence-corrected chi connectivity index (χ3v) is 7.23. The molecule has 0 atom stereocenters. The van der Waals surface area contributed by atoms with Gasteiger partial charge >= 0.3 is 6.03 Å². The Labute approximate surface area is 215 Å². The van der Waals surface area contributed by atoms with Crippen molar-refractivity contribution in [3.05, 3.63) is 51.2 Å². The van der Waals surface area contributed by atoms with Gasteiger partial charge in [0.2, 0.25) is 5.95 Å². The molecule has 1 saturated carbocycles. The summed E-state index contributed by atoms with van der Waals surface area (Å²) in [6.45, 7) is 0.590. The first-order chi connectivity index (χ1) is 16.3. The molecule has 1 aliphatic carbocycles. The molecule has 4 rings (SSSR count). The molecule has 0 spiro atoms. The maximum atomic E-state index is 13.4. The highest BCUT2D eigenvalue weighted by molar-refractivity contribution is 9.11. The van der Waals surface area contributed by atoms with E-state index in [0.717, 1.165) is 42.4 Å². The van der Waals surface area contributed by atoms with Crippen LogP contribution >= 0.6 is 31.9 Å². The number of nitrogens with zero attached hydrogens (tertiary/aromatic N) is 3. The monoisotopic (exact) mass is 592 g/mol. The zero-order valence-corrected chi connectivity index (χ0v) is 22.2. The van der Waals surface area contributed by atoms with E-state index < -0.39 is 0 Å². The molecule has 7 nitrogen and oxygen atoms in total. The van der Waals surface area contributed by atoms with Crippen molar-refractivity contribution < 1.29 is 9.18 Å². The highest BCUT2D eigenvalue weighted by atomic mass is 79.9. The summed E-state index contributed by atoms with van der Waals surface area (Å²) in [5, 5.41) is 10.3. The number of aromatic nitrogens is 2. The van der Waals surface area contributed by atoms with Gasteiger partial charge in [-0.3, -0.25) is 0 Å². The van der Waals surface area contributed by atoms with Crippen molar-refractivity contribution in [3.8, 4) is 0 Å². The van der Waals surface area contributed by atoms with Gasteiger partial charge in [0.1, 0.15) is 11.6 Å². The molecule has 2 amide bonds. The minimum atomic E-state index is -0.387. The minimum Gasteiger partial charge on any atom is -0.362 e. The lowest BCUT2D eigenvalue weighted by Gasteiger charge is -2.29. The van der Waals surface area contributed by atoms with E-state index in [4.69, 9.17) is 9.97 Å². The number of anilines is 3. The van der Waals surface area contributed by atoms with Crippen LogP contribution in [0.5, 0.6) is 0 Å². The van der Waals surface area contributed by atoms with Gasteiger partial charge in [-0.15, -0.1) is 0 Å². The first kappa shape index (κ1) is 24.7. The average Bonchev–Trinajstić information content (AvgIpc) is 2.80. The number of halogens is 3. The number of rotatable bonds is 6. The second-order valence-corrected chi connectivity index (χ2v) is 10.4. The molecular weight excluding hydrogens is 567 g/mol. The Balaban J connectivity index is 1.28. The average molecular weight is 594 g/mol. The van der Waals surface area contributed by atoms with E-state index in [0.29, 0.717) is 39.1 Å². The number of nitrogens with one attached hydrogen (secondary N) is 3. The normalized spacial score (nSPS) is 17.9. The fourth-order valence-corrected chi connectivity index (χ4v) is 5.54. The second kappa shape index (κ2) is 10.9. The van der Waals surface area contributed by atoms with Crippen LogP contribution in [-0.2, 0) is 0 Å². The van der Waals surface area contributed by atoms with Crippen LogP contribution in [-0.4, -0.2) is 42.7 Å². The number of urea groups is 1. The van der Waals surface area contributed by atoms with Gasteiger partial charge in [-0.25, -0.2) is 14.2 Å². The Morgan fingerprint density at radius 3 is 2.44 bits per heavy atom. The lowest BCUT2D eigenvalue weighted by atomic mass is 9.86. The number of benzene rings is 2. The molecule has 0 unspecified atom stereocenters. The zero-order chi connectivity index (χ0) is 24.2. The molecule has 180 valence electrons. The minimum absolute atomic E-state index is 0.298. The van der Waals surface area contributed by atoms with E-state index in [-0.39, 0.29) is 11.8 Å². The van der Waals surface area contributed by atoms with E-state index in [1.54, 1.807) is 0 Å². The number of fused-ring (bicyclic) bond motifs is 1. The van der Waals surface area contributed by atoms with Crippen molar-refractivity contribution in [3.63, 3.8) is 0 Å². The zero-order valence-electron chi connectivity index (χ0n) is 19.0. The number of hydrogen-bond donors (Lipinski definition) is 3. The largest absolute Gasteiger partial charge is 0.362 e. The van der Waals surface area contributed by atoms with Gasteiger partial charge in [0.25, 0.3) is 0 Å². The molecule has 2 aromatic carbocycles. The molecule has 0 saturated heterocycles. The van der Waals surface area contributed by atoms with Gasteiger partial charge in [-0.1, -0.05) is 12.1 Å². The lowest BCUT2D eigenvalue weighted by Crippen LogP contribution is -2.36. The van der Waals surface area contributed by atoms with Crippen LogP contribution in [0.1, 0.15) is 25.7 Å². The Hall–Kier alpha value is -2.46. The molecule has 1 heterocycles. The smallest absolute Gasteiger partial charge is 0.319 e. The summed E-state index contributed by atoms with van der Waals surface area (Å²) < 4.78 is 14.4. The van der Waals surface area contributed by atoms with E-state index in [1.165, 1.54) is 12.1 Å². The fraction of sp³-hybridized carbons (Fsp3) is 0.375. The maximum absolute atomic E-state index is 13.4. The standard InChI is InChI=1S/C24H27Br2FN6O/c1-33(2)22-17-5-3-4-6-20(17)30-23(32-22)29-16-9-7-14(8-10-16)13-28-24(34)31-21-18(25)11-15(27)12-19(21)26/h3-6,11-12,14,16H,7-10,13H2,1-2H3,(H2,28,31,34)(H,29,30,32). The SMILES string of the molecule is CN(C)c1nc(NC2CCC(CNC(=O)Nc3c(Br)cc(F)cc3Br)CC2)nc2ccccc12. The van der Waals surface area contributed by atoms with Crippen molar-refractivity contribution in [2.24, 2.45) is 5.92 Å². The molecule has 3 aromatic rings. The molecule has 0 radical (unpaired) electrons. The van der Waals surface area contributed by atoms with Crippen LogP contribution in [0.3, 0.4) is 0 Å². The highest BCUT2D eigenvalue weighted by Crippen LogP contribution is 2.32. The van der Waals surface area contributed by atoms with Crippen molar-refractivity contribution >= 4 is 66.2 Å². The van der Waals surface area contributed by atoms with Gasteiger partial charge in [0, 0.05) is 41.0 Å². The summed E-state index contributed by atoms with van der Waals surface area (Å²) in [6, 6.07) is 10.6. The van der Waals surface area contributed by atoms with Crippen LogP contribution in [0.4, 0.5) is 26.6 Å². The highest BCUT2D eigenvalue weighted by Gasteiger charge is 2.23. The summed E-state index contributed by atoms with van der Waals surface area (Å²) in [6.07, 6.45) is 3.96. The van der Waals surface area contributed by atoms with Gasteiger partial charge in [0.15, 0.2) is 0 Å². The summed E-state index contributed by atoms with van der Waals surface area (Å²) in [4.78, 5) is 23.8. The molecule has 3 N–H and O–H groups in total. The number of carbonyl (C=O) groups excluding carboxylic acids is 1. The van der Waals surface area contributed by atoms with Gasteiger partial charge in [0.05, 0.1) is 11.2 Å². The Morgan fingerprint density at radius 2 is 1.76 bits per heavy atom. The van der Waals surface area contributed by atoms with Crippen molar-refractivity contribution in [2.45, 2.75) is 31.7 Å². The molecule has 1 aromatic heterocycles. The van der Waals surface area contributed by atoms with Gasteiger partial charge in [-0.05, 0) is 87.7 Å². The molecule has 1 fully saturated rings. The van der Waals surface area contributed by atoms with Crippen LogP contribution in [0.2, 0.25) is 0 Å². The Kier molecular flexibility index (Phi) is 7.88. The van der Waals surface area contributed by atoms with Crippen molar-refractivity contribution in [1.29, 1.82) is 0 Å². The second-order valence-electron chi connectivity index (χ2n) is 8.72. The van der Waals surface area contributed by atoms with E-state index in [1.807, 2.05) is 43.3 Å². The lowest BCUT2D eigenvalue weighted by molar-refractivity contribution is 0.246. The van der Waals surface area contributed by atoms with Crippen molar-refractivity contribution in [1.82, 2.24) is 15.3 Å². The third-order valence-electron chi connectivity index (χ3n) is 5.98. The third kappa shape index (κ3) is 5.96. The van der Waals surface area contributed by atoms with E-state index in [2.05, 4.69) is 47.8 Å². The molecule has 0 bridgehead atoms. The van der Waals surface area contributed by atoms with Gasteiger partial charge in [-0.2, -0.15) is 4.98 Å². The van der Waals surface area contributed by atoms with Crippen LogP contribution < -0.4 is 20.9 Å². The predicted octanol–water partition coefficient (Wildman–Crippen LogP) is 6.15. The Bertz CT molecular complexity index is 1160. The quantitative estimate of drug-likeness (QED) is 0.319. The topological polar surface area (TPSA) is 82.2 Å². The molecule has 34 heavy (non-hydrogen) atoms. The van der Waals surface area contributed by atoms with Gasteiger partial charge < -0.3 is 20.9 Å². The predicted molar refractivity (Wildman–Crippen MR) is 142 cm³/mol. The van der Waals surface area contributed by atoms with Crippen molar-refractivity contribution in [2.75, 3.05) is 36.2 Å². The van der Waals surface area contributed by atoms with E-state index in [9.17, 15) is 9.18 Å². The maximum Gasteiger partial charge on any atom is 0.319 e. The molecule has 0 aliphatic heterocycles. The summed E-state index contributed by atoms with van der Waals surface area (Å²) in [5.74, 6) is 1.57. The van der Waals surface area contributed by atoms with Crippen LogP contribution in [0.25, 0.3) is 10.9 Å². The first-order valence-corrected chi connectivity index (χ1v) is 12.8. The fourth-order valence-electron chi connectivity index (χ4n) is 4.22. The summed E-state index contributed by atoms with van der Waals surface area (Å²) in [5.41, 5.74) is 1.42. The molecular formula is C24H27Br2FN6O.